The van der Waals surface area contributed by atoms with Gasteiger partial charge >= 0.3 is 0 Å². The van der Waals surface area contributed by atoms with Crippen LogP contribution in [0, 0.1) is 0 Å². The van der Waals surface area contributed by atoms with E-state index in [1.54, 1.807) is 28.8 Å². The van der Waals surface area contributed by atoms with E-state index in [1.165, 1.54) is 52.9 Å². The maximum Gasteiger partial charge on any atom is 0.265 e. The molecule has 0 fully saturated rings. The first-order valence-electron chi connectivity index (χ1n) is 8.46. The Labute approximate surface area is 165 Å². The molecule has 2 aromatic heterocycles. The summed E-state index contributed by atoms with van der Waals surface area (Å²) in [5.74, 6) is -0.161. The van der Waals surface area contributed by atoms with Crippen molar-refractivity contribution in [3.63, 3.8) is 0 Å². The molecule has 0 atom stereocenters. The molecule has 0 unspecified atom stereocenters. The zero-order valence-electron chi connectivity index (χ0n) is 14.3. The Morgan fingerprint density at radius 2 is 1.89 bits per heavy atom. The van der Waals surface area contributed by atoms with E-state index in [-0.39, 0.29) is 10.8 Å². The molecule has 0 bridgehead atoms. The number of nitrogens with zero attached hydrogens (tertiary/aromatic N) is 1. The number of carbonyl (C=O) groups excluding carboxylic acids is 1. The van der Waals surface area contributed by atoms with Crippen molar-refractivity contribution in [2.24, 2.45) is 0 Å². The van der Waals surface area contributed by atoms with E-state index < -0.39 is 10.0 Å². The number of hydrogen-bond donors (Lipinski definition) is 2. The summed E-state index contributed by atoms with van der Waals surface area (Å²) in [5, 5.41) is 4.84. The lowest BCUT2D eigenvalue weighted by Crippen LogP contribution is -2.13. The van der Waals surface area contributed by atoms with Gasteiger partial charge in [-0.3, -0.25) is 9.52 Å². The smallest absolute Gasteiger partial charge is 0.265 e. The SMILES string of the molecule is O=C(Nc1ccc(S(=O)(=O)Nc2nccs2)cc1)c1cc2c(s1)CCCC2. The number of aromatic nitrogens is 1. The third-order valence-electron chi connectivity index (χ3n) is 4.30. The van der Waals surface area contributed by atoms with E-state index >= 15 is 0 Å². The van der Waals surface area contributed by atoms with Crippen LogP contribution in [0.5, 0.6) is 0 Å². The van der Waals surface area contributed by atoms with Crippen LogP contribution in [0.15, 0.2) is 46.8 Å². The number of fused-ring (bicyclic) bond motifs is 1. The summed E-state index contributed by atoms with van der Waals surface area (Å²) in [4.78, 5) is 18.5. The predicted molar refractivity (Wildman–Crippen MR) is 108 cm³/mol. The molecule has 9 heteroatoms. The fourth-order valence-electron chi connectivity index (χ4n) is 2.96. The van der Waals surface area contributed by atoms with Crippen LogP contribution in [0.3, 0.4) is 0 Å². The first-order valence-corrected chi connectivity index (χ1v) is 11.6. The van der Waals surface area contributed by atoms with Crippen molar-refractivity contribution in [2.45, 2.75) is 30.6 Å². The molecule has 0 saturated carbocycles. The zero-order chi connectivity index (χ0) is 18.9. The zero-order valence-corrected chi connectivity index (χ0v) is 16.7. The van der Waals surface area contributed by atoms with Gasteiger partial charge in [0.2, 0.25) is 0 Å². The molecule has 140 valence electrons. The largest absolute Gasteiger partial charge is 0.321 e. The van der Waals surface area contributed by atoms with Crippen LogP contribution in [0.4, 0.5) is 10.8 Å². The number of nitrogens with one attached hydrogen (secondary N) is 2. The van der Waals surface area contributed by atoms with Gasteiger partial charge in [-0.25, -0.2) is 13.4 Å². The highest BCUT2D eigenvalue weighted by Gasteiger charge is 2.18. The van der Waals surface area contributed by atoms with Crippen LogP contribution >= 0.6 is 22.7 Å². The Morgan fingerprint density at radius 1 is 1.11 bits per heavy atom. The average Bonchev–Trinajstić information content (AvgIpc) is 3.31. The monoisotopic (exact) mass is 419 g/mol. The molecule has 1 aliphatic carbocycles. The highest BCUT2D eigenvalue weighted by atomic mass is 32.2. The molecule has 6 nitrogen and oxygen atoms in total. The number of thiazole rings is 1. The standard InChI is InChI=1S/C18H17N3O3S3/c22-17(16-11-12-3-1-2-4-15(12)26-16)20-13-5-7-14(8-6-13)27(23,24)21-18-19-9-10-25-18/h5-11H,1-4H2,(H,19,21)(H,20,22). The number of carbonyl (C=O) groups is 1. The summed E-state index contributed by atoms with van der Waals surface area (Å²) in [7, 11) is -3.70. The fraction of sp³-hybridized carbons (Fsp3) is 0.222. The van der Waals surface area contributed by atoms with Crippen molar-refractivity contribution in [2.75, 3.05) is 10.0 Å². The number of sulfonamides is 1. The van der Waals surface area contributed by atoms with Crippen LogP contribution in [0.2, 0.25) is 0 Å². The number of rotatable bonds is 5. The lowest BCUT2D eigenvalue weighted by Gasteiger charge is -2.08. The molecule has 3 aromatic rings. The van der Waals surface area contributed by atoms with Crippen LogP contribution < -0.4 is 10.0 Å². The van der Waals surface area contributed by atoms with Crippen molar-refractivity contribution in [1.29, 1.82) is 0 Å². The van der Waals surface area contributed by atoms with Gasteiger partial charge in [-0.2, -0.15) is 0 Å². The van der Waals surface area contributed by atoms with Gasteiger partial charge in [-0.1, -0.05) is 0 Å². The molecule has 0 aliphatic heterocycles. The van der Waals surface area contributed by atoms with Gasteiger partial charge in [0.15, 0.2) is 5.13 Å². The predicted octanol–water partition coefficient (Wildman–Crippen LogP) is 4.14. The lowest BCUT2D eigenvalue weighted by molar-refractivity contribution is 0.103. The maximum absolute atomic E-state index is 12.5. The highest BCUT2D eigenvalue weighted by molar-refractivity contribution is 7.93. The van der Waals surface area contributed by atoms with Crippen molar-refractivity contribution >= 4 is 49.4 Å². The van der Waals surface area contributed by atoms with E-state index in [0.29, 0.717) is 15.7 Å². The Morgan fingerprint density at radius 3 is 2.59 bits per heavy atom. The van der Waals surface area contributed by atoms with Crippen LogP contribution in [-0.2, 0) is 22.9 Å². The molecule has 2 N–H and O–H groups in total. The summed E-state index contributed by atoms with van der Waals surface area (Å²) < 4.78 is 27.1. The first kappa shape index (κ1) is 18.1. The molecule has 0 radical (unpaired) electrons. The summed E-state index contributed by atoms with van der Waals surface area (Å²) in [6, 6.07) is 8.07. The summed E-state index contributed by atoms with van der Waals surface area (Å²) in [6.07, 6.45) is 5.97. The van der Waals surface area contributed by atoms with Gasteiger partial charge in [-0.15, -0.1) is 22.7 Å². The molecule has 2 heterocycles. The van der Waals surface area contributed by atoms with Gasteiger partial charge in [0.1, 0.15) is 0 Å². The van der Waals surface area contributed by atoms with E-state index in [4.69, 9.17) is 0 Å². The minimum atomic E-state index is -3.70. The first-order chi connectivity index (χ1) is 13.0. The maximum atomic E-state index is 12.5. The molecule has 1 aromatic carbocycles. The molecular weight excluding hydrogens is 402 g/mol. The van der Waals surface area contributed by atoms with Crippen molar-refractivity contribution < 1.29 is 13.2 Å². The third kappa shape index (κ3) is 4.05. The van der Waals surface area contributed by atoms with Crippen molar-refractivity contribution in [3.8, 4) is 0 Å². The van der Waals surface area contributed by atoms with E-state index in [1.807, 2.05) is 6.07 Å². The summed E-state index contributed by atoms with van der Waals surface area (Å²) >= 11 is 2.76. The molecule has 0 saturated heterocycles. The number of benzene rings is 1. The Bertz CT molecular complexity index is 1030. The molecule has 1 aliphatic rings. The van der Waals surface area contributed by atoms with E-state index in [2.05, 4.69) is 15.0 Å². The van der Waals surface area contributed by atoms with Gasteiger partial charge < -0.3 is 5.32 Å². The van der Waals surface area contributed by atoms with Gasteiger partial charge in [0.05, 0.1) is 9.77 Å². The molecule has 4 rings (SSSR count). The van der Waals surface area contributed by atoms with Crippen LogP contribution in [0.1, 0.15) is 33.0 Å². The number of amides is 1. The number of thiophene rings is 1. The minimum absolute atomic E-state index is 0.113. The van der Waals surface area contributed by atoms with Crippen molar-refractivity contribution in [3.05, 3.63) is 57.2 Å². The lowest BCUT2D eigenvalue weighted by atomic mass is 9.99. The number of anilines is 2. The van der Waals surface area contributed by atoms with Crippen molar-refractivity contribution in [1.82, 2.24) is 4.98 Å². The second-order valence-electron chi connectivity index (χ2n) is 6.19. The summed E-state index contributed by atoms with van der Waals surface area (Å²) in [6.45, 7) is 0. The normalized spacial score (nSPS) is 13.8. The topological polar surface area (TPSA) is 88.2 Å². The van der Waals surface area contributed by atoms with E-state index in [9.17, 15) is 13.2 Å². The van der Waals surface area contributed by atoms with Crippen LogP contribution in [0.25, 0.3) is 0 Å². The highest BCUT2D eigenvalue weighted by Crippen LogP contribution is 2.30. The Hall–Kier alpha value is -2.23. The third-order valence-corrected chi connectivity index (χ3v) is 7.71. The average molecular weight is 420 g/mol. The number of aryl methyl sites for hydroxylation is 2. The molecule has 27 heavy (non-hydrogen) atoms. The minimum Gasteiger partial charge on any atom is -0.321 e. The second-order valence-corrected chi connectivity index (χ2v) is 9.90. The Kier molecular flexibility index (Phi) is 4.98. The van der Waals surface area contributed by atoms with E-state index in [0.717, 1.165) is 12.8 Å². The van der Waals surface area contributed by atoms with Gasteiger partial charge in [0, 0.05) is 22.1 Å². The fourth-order valence-corrected chi connectivity index (χ4v) is 5.90. The quantitative estimate of drug-likeness (QED) is 0.651. The number of hydrogen-bond acceptors (Lipinski definition) is 6. The summed E-state index contributed by atoms with van der Waals surface area (Å²) in [5.41, 5.74) is 1.84. The second kappa shape index (κ2) is 7.41. The Balaban J connectivity index is 1.46. The molecule has 0 spiro atoms. The molecular formula is C18H17N3O3S3. The van der Waals surface area contributed by atoms with Gasteiger partial charge in [-0.05, 0) is 61.6 Å². The van der Waals surface area contributed by atoms with Crippen LogP contribution in [-0.4, -0.2) is 19.3 Å². The molecule has 1 amide bonds. The van der Waals surface area contributed by atoms with Gasteiger partial charge in [0.25, 0.3) is 15.9 Å².